The van der Waals surface area contributed by atoms with Crippen LogP contribution in [0.5, 0.6) is 0 Å². The lowest BCUT2D eigenvalue weighted by atomic mass is 9.92. The molecule has 1 aromatic rings. The van der Waals surface area contributed by atoms with Crippen molar-refractivity contribution in [3.63, 3.8) is 0 Å². The Morgan fingerprint density at radius 3 is 2.74 bits per heavy atom. The summed E-state index contributed by atoms with van der Waals surface area (Å²) in [4.78, 5) is 4.57. The Morgan fingerprint density at radius 1 is 1.37 bits per heavy atom. The Bertz CT molecular complexity index is 433. The number of rotatable bonds is 2. The molecule has 0 saturated carbocycles. The van der Waals surface area contributed by atoms with Gasteiger partial charge in [0.25, 0.3) is 0 Å². The van der Waals surface area contributed by atoms with E-state index in [0.717, 1.165) is 25.3 Å². The molecule has 0 amide bonds. The summed E-state index contributed by atoms with van der Waals surface area (Å²) in [5.41, 5.74) is 6.98. The van der Waals surface area contributed by atoms with Crippen LogP contribution in [0.2, 0.25) is 0 Å². The molecule has 0 radical (unpaired) electrons. The van der Waals surface area contributed by atoms with E-state index in [9.17, 15) is 4.39 Å². The monoisotopic (exact) mass is 265 g/mol. The molecule has 1 saturated heterocycles. The van der Waals surface area contributed by atoms with Gasteiger partial charge in [0.05, 0.1) is 0 Å². The molecule has 2 N–H and O–H groups in total. The minimum atomic E-state index is -0.183. The Morgan fingerprint density at radius 2 is 2.11 bits per heavy atom. The third kappa shape index (κ3) is 3.45. The van der Waals surface area contributed by atoms with Gasteiger partial charge in [-0.1, -0.05) is 19.9 Å². The number of benzene rings is 1. The molecular formula is C15H24FN3. The van der Waals surface area contributed by atoms with Gasteiger partial charge >= 0.3 is 0 Å². The molecule has 1 unspecified atom stereocenters. The molecule has 106 valence electrons. The first-order chi connectivity index (χ1) is 8.91. The van der Waals surface area contributed by atoms with E-state index in [1.165, 1.54) is 6.07 Å². The first-order valence-electron chi connectivity index (χ1n) is 6.82. The van der Waals surface area contributed by atoms with Gasteiger partial charge in [-0.15, -0.1) is 0 Å². The van der Waals surface area contributed by atoms with E-state index < -0.39 is 0 Å². The van der Waals surface area contributed by atoms with Crippen LogP contribution in [0.4, 0.5) is 10.1 Å². The number of hydrogen-bond donors (Lipinski definition) is 1. The SMILES string of the molecule is CN1CC(C)(C)CN(c2cccc(F)c2)CC1CN. The maximum atomic E-state index is 13.4. The highest BCUT2D eigenvalue weighted by Crippen LogP contribution is 2.27. The van der Waals surface area contributed by atoms with Crippen LogP contribution in [0.15, 0.2) is 24.3 Å². The van der Waals surface area contributed by atoms with Crippen molar-refractivity contribution in [2.75, 3.05) is 38.1 Å². The van der Waals surface area contributed by atoms with E-state index >= 15 is 0 Å². The first-order valence-corrected chi connectivity index (χ1v) is 6.82. The molecule has 4 heteroatoms. The number of halogens is 1. The smallest absolute Gasteiger partial charge is 0.125 e. The normalized spacial score (nSPS) is 24.3. The van der Waals surface area contributed by atoms with Crippen LogP contribution in [0.25, 0.3) is 0 Å². The molecule has 1 atom stereocenters. The average molecular weight is 265 g/mol. The minimum Gasteiger partial charge on any atom is -0.369 e. The maximum Gasteiger partial charge on any atom is 0.125 e. The molecule has 1 fully saturated rings. The summed E-state index contributed by atoms with van der Waals surface area (Å²) < 4.78 is 13.4. The predicted octanol–water partition coefficient (Wildman–Crippen LogP) is 1.93. The molecule has 2 rings (SSSR count). The van der Waals surface area contributed by atoms with Gasteiger partial charge in [0.1, 0.15) is 5.82 Å². The highest BCUT2D eigenvalue weighted by atomic mass is 19.1. The molecule has 3 nitrogen and oxygen atoms in total. The van der Waals surface area contributed by atoms with Crippen LogP contribution in [-0.2, 0) is 0 Å². The van der Waals surface area contributed by atoms with Crippen molar-refractivity contribution in [1.82, 2.24) is 4.90 Å². The van der Waals surface area contributed by atoms with Gasteiger partial charge in [-0.3, -0.25) is 4.90 Å². The van der Waals surface area contributed by atoms with Crippen LogP contribution >= 0.6 is 0 Å². The Kier molecular flexibility index (Phi) is 4.11. The van der Waals surface area contributed by atoms with E-state index in [2.05, 4.69) is 30.7 Å². The number of hydrogen-bond acceptors (Lipinski definition) is 3. The van der Waals surface area contributed by atoms with E-state index in [-0.39, 0.29) is 11.2 Å². The largest absolute Gasteiger partial charge is 0.369 e. The van der Waals surface area contributed by atoms with Crippen molar-refractivity contribution < 1.29 is 4.39 Å². The zero-order valence-electron chi connectivity index (χ0n) is 12.1. The summed E-state index contributed by atoms with van der Waals surface area (Å²) in [6, 6.07) is 7.14. The molecule has 0 aromatic heterocycles. The summed E-state index contributed by atoms with van der Waals surface area (Å²) in [6.07, 6.45) is 0. The van der Waals surface area contributed by atoms with Gasteiger partial charge in [0.15, 0.2) is 0 Å². The third-order valence-corrected chi connectivity index (χ3v) is 3.80. The average Bonchev–Trinajstić information content (AvgIpc) is 2.44. The van der Waals surface area contributed by atoms with E-state index in [1.54, 1.807) is 12.1 Å². The van der Waals surface area contributed by atoms with Crippen LogP contribution < -0.4 is 10.6 Å². The molecule has 1 heterocycles. The molecule has 0 aliphatic carbocycles. The van der Waals surface area contributed by atoms with E-state index in [0.29, 0.717) is 12.6 Å². The maximum absolute atomic E-state index is 13.4. The van der Waals surface area contributed by atoms with Crippen molar-refractivity contribution in [2.24, 2.45) is 11.1 Å². The lowest BCUT2D eigenvalue weighted by Crippen LogP contribution is -2.44. The Balaban J connectivity index is 2.28. The van der Waals surface area contributed by atoms with Crippen LogP contribution in [-0.4, -0.2) is 44.2 Å². The fourth-order valence-corrected chi connectivity index (χ4v) is 2.95. The third-order valence-electron chi connectivity index (χ3n) is 3.80. The fourth-order valence-electron chi connectivity index (χ4n) is 2.95. The van der Waals surface area contributed by atoms with E-state index in [4.69, 9.17) is 5.73 Å². The highest BCUT2D eigenvalue weighted by molar-refractivity contribution is 5.47. The molecule has 1 aromatic carbocycles. The second kappa shape index (κ2) is 5.47. The van der Waals surface area contributed by atoms with Gasteiger partial charge in [-0.2, -0.15) is 0 Å². The van der Waals surface area contributed by atoms with Gasteiger partial charge in [0, 0.05) is 37.9 Å². The van der Waals surface area contributed by atoms with Crippen LogP contribution in [0.1, 0.15) is 13.8 Å². The Labute approximate surface area is 115 Å². The highest BCUT2D eigenvalue weighted by Gasteiger charge is 2.31. The standard InChI is InChI=1S/C15H24FN3/c1-15(2)10-18(3)14(8-17)9-19(11-15)13-6-4-5-12(16)7-13/h4-7,14H,8-11,17H2,1-3H3. The minimum absolute atomic E-state index is 0.158. The molecular weight excluding hydrogens is 241 g/mol. The van der Waals surface area contributed by atoms with Gasteiger partial charge in [0.2, 0.25) is 0 Å². The molecule has 1 aliphatic rings. The number of likely N-dealkylation sites (N-methyl/N-ethyl adjacent to an activating group) is 1. The fraction of sp³-hybridized carbons (Fsp3) is 0.600. The molecule has 19 heavy (non-hydrogen) atoms. The molecule has 1 aliphatic heterocycles. The second-order valence-electron chi connectivity index (χ2n) is 6.33. The van der Waals surface area contributed by atoms with Crippen molar-refractivity contribution in [3.8, 4) is 0 Å². The quantitative estimate of drug-likeness (QED) is 0.887. The lowest BCUT2D eigenvalue weighted by Gasteiger charge is -2.31. The number of nitrogens with zero attached hydrogens (tertiary/aromatic N) is 2. The topological polar surface area (TPSA) is 32.5 Å². The summed E-state index contributed by atoms with van der Waals surface area (Å²) >= 11 is 0. The summed E-state index contributed by atoms with van der Waals surface area (Å²) in [5, 5.41) is 0. The van der Waals surface area contributed by atoms with Crippen LogP contribution in [0, 0.1) is 11.2 Å². The zero-order valence-corrected chi connectivity index (χ0v) is 12.1. The number of anilines is 1. The van der Waals surface area contributed by atoms with Gasteiger partial charge < -0.3 is 10.6 Å². The first kappa shape index (κ1) is 14.3. The summed E-state index contributed by atoms with van der Waals surface area (Å²) in [6.45, 7) is 7.87. The lowest BCUT2D eigenvalue weighted by molar-refractivity contribution is 0.197. The predicted molar refractivity (Wildman–Crippen MR) is 77.9 cm³/mol. The zero-order chi connectivity index (χ0) is 14.0. The summed E-state index contributed by atoms with van der Waals surface area (Å²) in [5.74, 6) is -0.183. The van der Waals surface area contributed by atoms with Crippen molar-refractivity contribution in [1.29, 1.82) is 0 Å². The van der Waals surface area contributed by atoms with Crippen molar-refractivity contribution >= 4 is 5.69 Å². The molecule has 0 spiro atoms. The van der Waals surface area contributed by atoms with E-state index in [1.807, 2.05) is 6.07 Å². The van der Waals surface area contributed by atoms with Crippen molar-refractivity contribution in [3.05, 3.63) is 30.1 Å². The molecule has 0 bridgehead atoms. The van der Waals surface area contributed by atoms with Crippen molar-refractivity contribution in [2.45, 2.75) is 19.9 Å². The Hall–Kier alpha value is -1.13. The summed E-state index contributed by atoms with van der Waals surface area (Å²) in [7, 11) is 2.12. The number of nitrogens with two attached hydrogens (primary N) is 1. The second-order valence-corrected chi connectivity index (χ2v) is 6.33. The van der Waals surface area contributed by atoms with Crippen LogP contribution in [0.3, 0.4) is 0 Å². The van der Waals surface area contributed by atoms with Gasteiger partial charge in [-0.05, 0) is 30.7 Å². The van der Waals surface area contributed by atoms with Gasteiger partial charge in [-0.25, -0.2) is 4.39 Å².